The van der Waals surface area contributed by atoms with Gasteiger partial charge < -0.3 is 9.67 Å². The van der Waals surface area contributed by atoms with Crippen molar-refractivity contribution in [2.45, 2.75) is 31.2 Å². The molecule has 0 fully saturated rings. The summed E-state index contributed by atoms with van der Waals surface area (Å²) in [6.45, 7) is 4.51. The molecule has 164 valence electrons. The molecule has 6 nitrogen and oxygen atoms in total. The van der Waals surface area contributed by atoms with Crippen molar-refractivity contribution in [3.05, 3.63) is 93.7 Å². The molecule has 0 aliphatic rings. The first-order valence-corrected chi connectivity index (χ1v) is 12.3. The number of carboxylic acid groups (broad SMARTS) is 1. The number of nitrogens with zero attached hydrogens (tertiary/aromatic N) is 2. The Hall–Kier alpha value is -3.23. The first-order valence-electron chi connectivity index (χ1n) is 10.1. The summed E-state index contributed by atoms with van der Waals surface area (Å²) in [6, 6.07) is 19.6. The van der Waals surface area contributed by atoms with E-state index >= 15 is 0 Å². The summed E-state index contributed by atoms with van der Waals surface area (Å²) in [5.41, 5.74) is 0.749. The second kappa shape index (κ2) is 8.72. The van der Waals surface area contributed by atoms with Crippen LogP contribution in [0.25, 0.3) is 10.8 Å². The predicted molar refractivity (Wildman–Crippen MR) is 126 cm³/mol. The first-order chi connectivity index (χ1) is 15.3. The number of sulfonamides is 1. The third-order valence-corrected chi connectivity index (χ3v) is 7.88. The predicted octanol–water partition coefficient (Wildman–Crippen LogP) is 4.86. The zero-order valence-corrected chi connectivity index (χ0v) is 19.2. The van der Waals surface area contributed by atoms with Crippen LogP contribution in [-0.4, -0.2) is 24.1 Å². The van der Waals surface area contributed by atoms with E-state index in [1.807, 2.05) is 67.1 Å². The SMILES string of the molecule is CC(C)c1cn(Cc2cccc3ccccc23)c(=NS(=O)(=O)c2ccccc2C(=O)O)s1. The van der Waals surface area contributed by atoms with Gasteiger partial charge in [-0.2, -0.15) is 8.42 Å². The van der Waals surface area contributed by atoms with Crippen molar-refractivity contribution in [3.8, 4) is 0 Å². The van der Waals surface area contributed by atoms with Crippen molar-refractivity contribution < 1.29 is 18.3 Å². The molecule has 0 radical (unpaired) electrons. The van der Waals surface area contributed by atoms with E-state index in [1.165, 1.54) is 35.6 Å². The maximum atomic E-state index is 13.1. The molecular weight excluding hydrogens is 444 g/mol. The summed E-state index contributed by atoms with van der Waals surface area (Å²) >= 11 is 1.30. The molecule has 0 aliphatic carbocycles. The van der Waals surface area contributed by atoms with Gasteiger partial charge in [-0.25, -0.2) is 4.79 Å². The highest BCUT2D eigenvalue weighted by molar-refractivity contribution is 7.90. The monoisotopic (exact) mass is 466 g/mol. The van der Waals surface area contributed by atoms with Crippen molar-refractivity contribution >= 4 is 38.1 Å². The standard InChI is InChI=1S/C24H22N2O4S2/c1-16(2)21-15-26(14-18-10-7-9-17-8-3-4-11-19(17)18)24(31-21)25-32(29,30)22-13-6-5-12-20(22)23(27)28/h3-13,15-16H,14H2,1-2H3,(H,27,28). The fourth-order valence-corrected chi connectivity index (χ4v) is 5.88. The molecule has 0 atom stereocenters. The number of aromatic carboxylic acids is 1. The third-order valence-electron chi connectivity index (χ3n) is 5.12. The largest absolute Gasteiger partial charge is 0.478 e. The van der Waals surface area contributed by atoms with Crippen molar-refractivity contribution in [3.63, 3.8) is 0 Å². The number of hydrogen-bond donors (Lipinski definition) is 1. The number of carbonyl (C=O) groups is 1. The first kappa shape index (κ1) is 22.0. The fourth-order valence-electron chi connectivity index (χ4n) is 3.48. The summed E-state index contributed by atoms with van der Waals surface area (Å²) in [5.74, 6) is -1.12. The molecule has 0 bridgehead atoms. The lowest BCUT2D eigenvalue weighted by Crippen LogP contribution is -2.18. The Morgan fingerprint density at radius 3 is 2.47 bits per heavy atom. The smallest absolute Gasteiger partial charge is 0.337 e. The average Bonchev–Trinajstić information content (AvgIpc) is 3.16. The molecular formula is C24H22N2O4S2. The fraction of sp³-hybridized carbons (Fsp3) is 0.167. The van der Waals surface area contributed by atoms with Gasteiger partial charge in [0.15, 0.2) is 0 Å². The minimum Gasteiger partial charge on any atom is -0.478 e. The summed E-state index contributed by atoms with van der Waals surface area (Å²) in [5, 5.41) is 11.6. The number of rotatable bonds is 6. The van der Waals surface area contributed by atoms with Crippen LogP contribution in [0.4, 0.5) is 0 Å². The van der Waals surface area contributed by atoms with Gasteiger partial charge in [0, 0.05) is 11.1 Å². The Labute approximate surface area is 190 Å². The Kier molecular flexibility index (Phi) is 5.99. The van der Waals surface area contributed by atoms with Crippen LogP contribution in [0.2, 0.25) is 0 Å². The Morgan fingerprint density at radius 1 is 1.03 bits per heavy atom. The summed E-state index contributed by atoms with van der Waals surface area (Å²) in [4.78, 5) is 12.5. The molecule has 0 saturated heterocycles. The Balaban J connectivity index is 1.87. The normalized spacial score (nSPS) is 12.5. The average molecular weight is 467 g/mol. The quantitative estimate of drug-likeness (QED) is 0.439. The van der Waals surface area contributed by atoms with E-state index in [9.17, 15) is 18.3 Å². The van der Waals surface area contributed by atoms with Crippen molar-refractivity contribution in [1.29, 1.82) is 0 Å². The molecule has 0 aliphatic heterocycles. The van der Waals surface area contributed by atoms with Crippen LogP contribution >= 0.6 is 11.3 Å². The summed E-state index contributed by atoms with van der Waals surface area (Å²) in [7, 11) is -4.22. The third kappa shape index (κ3) is 4.37. The number of aromatic nitrogens is 1. The molecule has 0 amide bonds. The molecule has 0 saturated carbocycles. The molecule has 3 aromatic carbocycles. The van der Waals surface area contributed by atoms with Gasteiger partial charge in [0.1, 0.15) is 4.90 Å². The number of carboxylic acids is 1. The van der Waals surface area contributed by atoms with Crippen LogP contribution < -0.4 is 4.80 Å². The lowest BCUT2D eigenvalue weighted by molar-refractivity contribution is 0.0692. The minimum atomic E-state index is -4.22. The Morgan fingerprint density at radius 2 is 1.72 bits per heavy atom. The van der Waals surface area contributed by atoms with Crippen LogP contribution in [0.1, 0.15) is 40.6 Å². The van der Waals surface area contributed by atoms with Gasteiger partial charge in [-0.1, -0.05) is 68.4 Å². The van der Waals surface area contributed by atoms with Crippen molar-refractivity contribution in [2.75, 3.05) is 0 Å². The number of benzene rings is 3. The molecule has 4 aromatic rings. The second-order valence-corrected chi connectivity index (χ2v) is 10.3. The van der Waals surface area contributed by atoms with Gasteiger partial charge in [-0.15, -0.1) is 15.7 Å². The zero-order chi connectivity index (χ0) is 22.9. The lowest BCUT2D eigenvalue weighted by Gasteiger charge is -2.08. The van der Waals surface area contributed by atoms with Gasteiger partial charge in [0.2, 0.25) is 4.80 Å². The second-order valence-electron chi connectivity index (χ2n) is 7.70. The number of hydrogen-bond acceptors (Lipinski definition) is 4. The summed E-state index contributed by atoms with van der Waals surface area (Å²) < 4.78 is 32.1. The maximum absolute atomic E-state index is 13.1. The minimum absolute atomic E-state index is 0.191. The van der Waals surface area contributed by atoms with Gasteiger partial charge in [0.05, 0.1) is 12.1 Å². The van der Waals surface area contributed by atoms with E-state index < -0.39 is 16.0 Å². The molecule has 0 spiro atoms. The highest BCUT2D eigenvalue weighted by Gasteiger charge is 2.22. The highest BCUT2D eigenvalue weighted by atomic mass is 32.2. The summed E-state index contributed by atoms with van der Waals surface area (Å²) in [6.07, 6.45) is 1.93. The van der Waals surface area contributed by atoms with Gasteiger partial charge in [-0.05, 0) is 34.4 Å². The van der Waals surface area contributed by atoms with E-state index in [0.29, 0.717) is 11.3 Å². The van der Waals surface area contributed by atoms with Crippen LogP contribution in [0, 0.1) is 0 Å². The van der Waals surface area contributed by atoms with Crippen molar-refractivity contribution in [2.24, 2.45) is 4.40 Å². The zero-order valence-electron chi connectivity index (χ0n) is 17.6. The van der Waals surface area contributed by atoms with E-state index in [0.717, 1.165) is 21.2 Å². The van der Waals surface area contributed by atoms with Gasteiger partial charge >= 0.3 is 5.97 Å². The number of fused-ring (bicyclic) bond motifs is 1. The molecule has 8 heteroatoms. The van der Waals surface area contributed by atoms with Gasteiger partial charge in [0.25, 0.3) is 10.0 Å². The van der Waals surface area contributed by atoms with Crippen LogP contribution in [0.15, 0.2) is 82.2 Å². The highest BCUT2D eigenvalue weighted by Crippen LogP contribution is 2.23. The van der Waals surface area contributed by atoms with Crippen molar-refractivity contribution in [1.82, 2.24) is 4.57 Å². The van der Waals surface area contributed by atoms with Crippen LogP contribution in [-0.2, 0) is 16.6 Å². The van der Waals surface area contributed by atoms with Gasteiger partial charge in [-0.3, -0.25) is 0 Å². The van der Waals surface area contributed by atoms with Crippen LogP contribution in [0.5, 0.6) is 0 Å². The maximum Gasteiger partial charge on any atom is 0.337 e. The van der Waals surface area contributed by atoms with E-state index in [1.54, 1.807) is 0 Å². The molecule has 1 aromatic heterocycles. The van der Waals surface area contributed by atoms with E-state index in [2.05, 4.69) is 4.40 Å². The lowest BCUT2D eigenvalue weighted by atomic mass is 10.0. The van der Waals surface area contributed by atoms with E-state index in [-0.39, 0.29) is 16.4 Å². The molecule has 1 heterocycles. The Bertz CT molecular complexity index is 1480. The molecule has 1 N–H and O–H groups in total. The molecule has 32 heavy (non-hydrogen) atoms. The topological polar surface area (TPSA) is 88.7 Å². The molecule has 0 unspecified atom stereocenters. The van der Waals surface area contributed by atoms with Crippen LogP contribution in [0.3, 0.4) is 0 Å². The molecule has 4 rings (SSSR count). The van der Waals surface area contributed by atoms with E-state index in [4.69, 9.17) is 0 Å². The number of thiazole rings is 1.